The Morgan fingerprint density at radius 3 is 2.00 bits per heavy atom. The lowest BCUT2D eigenvalue weighted by atomic mass is 9.79. The van der Waals surface area contributed by atoms with Crippen LogP contribution in [-0.4, -0.2) is 18.0 Å². The molecule has 2 aromatic rings. The van der Waals surface area contributed by atoms with Crippen molar-refractivity contribution in [1.82, 2.24) is 0 Å². The average molecular weight is 282 g/mol. The minimum atomic E-state index is -0.596. The van der Waals surface area contributed by atoms with E-state index in [-0.39, 0.29) is 10.8 Å². The van der Waals surface area contributed by atoms with Gasteiger partial charge in [-0.25, -0.2) is 0 Å². The van der Waals surface area contributed by atoms with E-state index in [1.54, 1.807) is 0 Å². The number of benzene rings is 2. The summed E-state index contributed by atoms with van der Waals surface area (Å²) in [5.74, 6) is -0.186. The summed E-state index contributed by atoms with van der Waals surface area (Å²) >= 11 is 0. The zero-order valence-corrected chi connectivity index (χ0v) is 12.2. The van der Waals surface area contributed by atoms with Gasteiger partial charge in [-0.2, -0.15) is 0 Å². The van der Waals surface area contributed by atoms with Crippen LogP contribution in [0.1, 0.15) is 30.4 Å². The van der Waals surface area contributed by atoms with Crippen molar-refractivity contribution < 1.29 is 4.92 Å². The van der Waals surface area contributed by atoms with Crippen molar-refractivity contribution in [1.29, 1.82) is 0 Å². The minimum Gasteiger partial charge on any atom is -0.344 e. The fourth-order valence-corrected chi connectivity index (χ4v) is 3.33. The van der Waals surface area contributed by atoms with Gasteiger partial charge in [0, 0.05) is 29.8 Å². The zero-order chi connectivity index (χ0) is 15.0. The zero-order valence-electron chi connectivity index (χ0n) is 12.2. The fourth-order valence-electron chi connectivity index (χ4n) is 3.33. The van der Waals surface area contributed by atoms with Gasteiger partial charge in [0.1, 0.15) is 0 Å². The summed E-state index contributed by atoms with van der Waals surface area (Å²) in [6, 6.07) is 15.4. The molecule has 0 saturated carbocycles. The molecule has 0 spiro atoms. The second-order valence-electron chi connectivity index (χ2n) is 5.42. The van der Waals surface area contributed by atoms with E-state index in [0.29, 0.717) is 6.42 Å². The third-order valence-corrected chi connectivity index (χ3v) is 4.34. The topological polar surface area (TPSA) is 46.4 Å². The minimum absolute atomic E-state index is 0.135. The maximum atomic E-state index is 11.5. The third kappa shape index (κ3) is 2.07. The van der Waals surface area contributed by atoms with Crippen LogP contribution in [0.4, 0.5) is 11.4 Å². The smallest absolute Gasteiger partial charge is 0.223 e. The monoisotopic (exact) mass is 282 g/mol. The van der Waals surface area contributed by atoms with Crippen molar-refractivity contribution >= 4 is 11.4 Å². The average Bonchev–Trinajstić information content (AvgIpc) is 2.51. The molecule has 0 bridgehead atoms. The highest BCUT2D eigenvalue weighted by atomic mass is 16.6. The van der Waals surface area contributed by atoms with Crippen LogP contribution in [0.3, 0.4) is 0 Å². The highest BCUT2D eigenvalue weighted by Crippen LogP contribution is 2.46. The van der Waals surface area contributed by atoms with E-state index < -0.39 is 6.04 Å². The Kier molecular flexibility index (Phi) is 3.37. The Morgan fingerprint density at radius 1 is 1.10 bits per heavy atom. The summed E-state index contributed by atoms with van der Waals surface area (Å²) in [6.45, 7) is 1.89. The van der Waals surface area contributed by atoms with Crippen LogP contribution in [0.25, 0.3) is 0 Å². The number of hydrogen-bond acceptors (Lipinski definition) is 3. The second kappa shape index (κ2) is 5.20. The molecule has 0 fully saturated rings. The molecule has 4 nitrogen and oxygen atoms in total. The van der Waals surface area contributed by atoms with Crippen LogP contribution in [-0.2, 0) is 0 Å². The van der Waals surface area contributed by atoms with Crippen molar-refractivity contribution in [2.45, 2.75) is 25.3 Å². The maximum absolute atomic E-state index is 11.5. The normalized spacial score (nSPS) is 15.2. The van der Waals surface area contributed by atoms with Crippen LogP contribution in [0.2, 0.25) is 0 Å². The van der Waals surface area contributed by atoms with E-state index >= 15 is 0 Å². The van der Waals surface area contributed by atoms with Gasteiger partial charge >= 0.3 is 0 Å². The first-order valence-corrected chi connectivity index (χ1v) is 7.20. The first-order chi connectivity index (χ1) is 10.1. The van der Waals surface area contributed by atoms with Gasteiger partial charge in [0.15, 0.2) is 0 Å². The molecule has 1 aliphatic heterocycles. The predicted molar refractivity (Wildman–Crippen MR) is 83.9 cm³/mol. The third-order valence-electron chi connectivity index (χ3n) is 4.34. The molecule has 108 valence electrons. The largest absolute Gasteiger partial charge is 0.344 e. The number of nitro groups is 1. The highest BCUT2D eigenvalue weighted by molar-refractivity contribution is 5.75. The number of rotatable bonds is 3. The Bertz CT molecular complexity index is 636. The number of nitrogens with zero attached hydrogens (tertiary/aromatic N) is 2. The Morgan fingerprint density at radius 2 is 1.57 bits per heavy atom. The van der Waals surface area contributed by atoms with E-state index in [1.165, 1.54) is 0 Å². The summed E-state index contributed by atoms with van der Waals surface area (Å²) in [4.78, 5) is 13.5. The standard InChI is InChI=1S/C17H18N2O2/c1-3-14(19(20)21)17-12-8-4-6-10-15(12)18(2)16-11-7-5-9-13(16)17/h4-11,14,17H,3H2,1-2H3. The van der Waals surface area contributed by atoms with E-state index in [9.17, 15) is 10.1 Å². The van der Waals surface area contributed by atoms with Gasteiger partial charge in [-0.1, -0.05) is 43.3 Å². The molecular weight excluding hydrogens is 264 g/mol. The van der Waals surface area contributed by atoms with Gasteiger partial charge < -0.3 is 4.90 Å². The van der Waals surface area contributed by atoms with Crippen molar-refractivity contribution in [3.63, 3.8) is 0 Å². The second-order valence-corrected chi connectivity index (χ2v) is 5.42. The molecular formula is C17H18N2O2. The van der Waals surface area contributed by atoms with Crippen LogP contribution in [0, 0.1) is 10.1 Å². The van der Waals surface area contributed by atoms with E-state index in [4.69, 9.17) is 0 Å². The van der Waals surface area contributed by atoms with Gasteiger partial charge in [0.05, 0.1) is 5.92 Å². The van der Waals surface area contributed by atoms with Crippen molar-refractivity contribution in [3.05, 3.63) is 69.8 Å². The first-order valence-electron chi connectivity index (χ1n) is 7.20. The van der Waals surface area contributed by atoms with Gasteiger partial charge in [-0.15, -0.1) is 0 Å². The molecule has 0 N–H and O–H groups in total. The van der Waals surface area contributed by atoms with E-state index in [2.05, 4.69) is 4.90 Å². The quantitative estimate of drug-likeness (QED) is 0.632. The van der Waals surface area contributed by atoms with Crippen molar-refractivity contribution in [2.75, 3.05) is 11.9 Å². The molecule has 1 heterocycles. The summed E-state index contributed by atoms with van der Waals surface area (Å²) in [6.07, 6.45) is 0.518. The van der Waals surface area contributed by atoms with Gasteiger partial charge in [0.2, 0.25) is 6.04 Å². The lowest BCUT2D eigenvalue weighted by Gasteiger charge is -2.36. The molecule has 3 rings (SSSR count). The molecule has 0 aliphatic carbocycles. The Labute approximate surface area is 124 Å². The van der Waals surface area contributed by atoms with E-state index in [1.807, 2.05) is 62.5 Å². The van der Waals surface area contributed by atoms with Crippen LogP contribution in [0.15, 0.2) is 48.5 Å². The highest BCUT2D eigenvalue weighted by Gasteiger charge is 2.39. The number of para-hydroxylation sites is 2. The maximum Gasteiger partial charge on any atom is 0.223 e. The summed E-state index contributed by atoms with van der Waals surface area (Å²) in [5.41, 5.74) is 4.20. The number of fused-ring (bicyclic) bond motifs is 2. The lowest BCUT2D eigenvalue weighted by Crippen LogP contribution is -2.32. The SMILES string of the molecule is CCC(C1c2ccccc2N(C)c2ccccc21)[N+](=O)[O-]. The molecule has 21 heavy (non-hydrogen) atoms. The molecule has 0 radical (unpaired) electrons. The molecule has 1 aliphatic rings. The van der Waals surface area contributed by atoms with E-state index in [0.717, 1.165) is 22.5 Å². The van der Waals surface area contributed by atoms with Gasteiger partial charge in [-0.05, 0) is 23.3 Å². The molecule has 1 unspecified atom stereocenters. The van der Waals surface area contributed by atoms with Crippen LogP contribution < -0.4 is 4.90 Å². The van der Waals surface area contributed by atoms with Crippen molar-refractivity contribution in [3.8, 4) is 0 Å². The molecule has 4 heteroatoms. The Hall–Kier alpha value is -2.36. The molecule has 1 atom stereocenters. The van der Waals surface area contributed by atoms with Gasteiger partial charge in [0.25, 0.3) is 0 Å². The van der Waals surface area contributed by atoms with Crippen LogP contribution >= 0.6 is 0 Å². The van der Waals surface area contributed by atoms with Crippen molar-refractivity contribution in [2.24, 2.45) is 0 Å². The molecule has 0 aromatic heterocycles. The molecule has 0 saturated heterocycles. The Balaban J connectivity index is 2.24. The molecule has 2 aromatic carbocycles. The van der Waals surface area contributed by atoms with Gasteiger partial charge in [-0.3, -0.25) is 10.1 Å². The number of anilines is 2. The number of hydrogen-bond donors (Lipinski definition) is 0. The summed E-state index contributed by atoms with van der Waals surface area (Å²) in [7, 11) is 2.01. The summed E-state index contributed by atoms with van der Waals surface area (Å²) in [5, 5.41) is 11.5. The van der Waals surface area contributed by atoms with Crippen LogP contribution in [0.5, 0.6) is 0 Å². The lowest BCUT2D eigenvalue weighted by molar-refractivity contribution is -0.525. The fraction of sp³-hybridized carbons (Fsp3) is 0.294. The summed E-state index contributed by atoms with van der Waals surface area (Å²) < 4.78 is 0. The predicted octanol–water partition coefficient (Wildman–Crippen LogP) is 3.96. The first kappa shape index (κ1) is 13.6. The molecule has 0 amide bonds.